The number of ketones is 1. The monoisotopic (exact) mass is 447 g/mol. The Morgan fingerprint density at radius 2 is 1.32 bits per heavy atom. The van der Waals surface area contributed by atoms with Gasteiger partial charge in [-0.25, -0.2) is 0 Å². The van der Waals surface area contributed by atoms with Crippen molar-refractivity contribution in [3.05, 3.63) is 59.7 Å². The molecule has 1 atom stereocenters. The van der Waals surface area contributed by atoms with Crippen molar-refractivity contribution in [1.29, 1.82) is 0 Å². The fourth-order valence-electron chi connectivity index (χ4n) is 2.48. The van der Waals surface area contributed by atoms with Crippen LogP contribution in [0.5, 0.6) is 5.75 Å². The Bertz CT molecular complexity index is 914. The minimum atomic E-state index is -5.10. The molecule has 0 aliphatic rings. The van der Waals surface area contributed by atoms with Gasteiger partial charge in [0.15, 0.2) is 5.78 Å². The van der Waals surface area contributed by atoms with Crippen molar-refractivity contribution in [2.75, 3.05) is 5.32 Å². The summed E-state index contributed by atoms with van der Waals surface area (Å²) in [5, 5.41) is 2.38. The van der Waals surface area contributed by atoms with Gasteiger partial charge < -0.3 is 10.1 Å². The molecule has 0 bridgehead atoms. The third kappa shape index (κ3) is 6.47. The average molecular weight is 447 g/mol. The van der Waals surface area contributed by atoms with Crippen LogP contribution in [0.2, 0.25) is 0 Å². The van der Waals surface area contributed by atoms with E-state index >= 15 is 0 Å². The predicted molar refractivity (Wildman–Crippen MR) is 100 cm³/mol. The first kappa shape index (κ1) is 24.2. The van der Waals surface area contributed by atoms with Gasteiger partial charge in [0.1, 0.15) is 5.75 Å². The Morgan fingerprint density at radius 3 is 1.74 bits per heavy atom. The fraction of sp³-hybridized carbons (Fsp3) is 0.333. The van der Waals surface area contributed by atoms with Gasteiger partial charge >= 0.3 is 12.4 Å². The van der Waals surface area contributed by atoms with Crippen LogP contribution in [0.15, 0.2) is 48.5 Å². The maximum atomic E-state index is 13.1. The van der Waals surface area contributed by atoms with Crippen molar-refractivity contribution in [2.24, 2.45) is 5.41 Å². The lowest BCUT2D eigenvalue weighted by Crippen LogP contribution is -2.45. The molecule has 0 radical (unpaired) electrons. The average Bonchev–Trinajstić information content (AvgIpc) is 2.64. The second kappa shape index (κ2) is 8.60. The molecule has 2 rings (SSSR count). The van der Waals surface area contributed by atoms with E-state index in [0.29, 0.717) is 12.1 Å². The molecule has 0 saturated carbocycles. The number of benzene rings is 2. The Hall–Kier alpha value is -3.04. The SMILES string of the molecule is CC(C)(C)C(=O)[C@H](Oc1cc(C(F)(F)F)cc(C(F)(F)F)c1)C(=O)Nc1ccccc1. The number of alkyl halides is 6. The van der Waals surface area contributed by atoms with Gasteiger partial charge in [-0.05, 0) is 30.3 Å². The number of halogens is 6. The third-order valence-electron chi connectivity index (χ3n) is 4.07. The molecule has 1 amide bonds. The summed E-state index contributed by atoms with van der Waals surface area (Å²) in [6, 6.07) is 8.36. The number of carbonyl (C=O) groups is 2. The lowest BCUT2D eigenvalue weighted by atomic mass is 9.87. The molecular weight excluding hydrogens is 428 g/mol. The van der Waals surface area contributed by atoms with E-state index in [-0.39, 0.29) is 11.8 Å². The van der Waals surface area contributed by atoms with Crippen LogP contribution in [0.4, 0.5) is 32.0 Å². The van der Waals surface area contributed by atoms with Gasteiger partial charge in [0.2, 0.25) is 6.10 Å². The molecule has 0 aliphatic heterocycles. The molecule has 10 heteroatoms. The van der Waals surface area contributed by atoms with E-state index in [0.717, 1.165) is 0 Å². The molecule has 2 aromatic rings. The van der Waals surface area contributed by atoms with Crippen LogP contribution < -0.4 is 10.1 Å². The summed E-state index contributed by atoms with van der Waals surface area (Å²) in [6.45, 7) is 4.32. The molecule has 4 nitrogen and oxygen atoms in total. The second-order valence-electron chi connectivity index (χ2n) is 7.71. The minimum absolute atomic E-state index is 0.0719. The molecule has 168 valence electrons. The van der Waals surface area contributed by atoms with Crippen molar-refractivity contribution in [3.63, 3.8) is 0 Å². The highest BCUT2D eigenvalue weighted by molar-refractivity contribution is 6.11. The van der Waals surface area contributed by atoms with Gasteiger partial charge in [0.05, 0.1) is 11.1 Å². The standard InChI is InChI=1S/C21H19F6NO3/c1-19(2,3)17(29)16(18(30)28-14-7-5-4-6-8-14)31-15-10-12(20(22,23)24)9-13(11-15)21(25,26)27/h4-11,16H,1-3H3,(H,28,30)/t16-/m0/s1. The van der Waals surface area contributed by atoms with E-state index in [1.807, 2.05) is 0 Å². The van der Waals surface area contributed by atoms with E-state index in [2.05, 4.69) is 5.32 Å². The van der Waals surface area contributed by atoms with Gasteiger partial charge in [0.25, 0.3) is 5.91 Å². The number of Topliss-reactive ketones (excluding diaryl/α,β-unsaturated/α-hetero) is 1. The van der Waals surface area contributed by atoms with Crippen molar-refractivity contribution in [1.82, 2.24) is 0 Å². The van der Waals surface area contributed by atoms with Gasteiger partial charge in [0, 0.05) is 11.1 Å². The molecule has 0 spiro atoms. The highest BCUT2D eigenvalue weighted by Crippen LogP contribution is 2.38. The first-order chi connectivity index (χ1) is 14.1. The second-order valence-corrected chi connectivity index (χ2v) is 7.71. The summed E-state index contributed by atoms with van der Waals surface area (Å²) in [5.41, 5.74) is -4.15. The maximum Gasteiger partial charge on any atom is 0.416 e. The third-order valence-corrected chi connectivity index (χ3v) is 4.07. The first-order valence-electron chi connectivity index (χ1n) is 8.95. The predicted octanol–water partition coefficient (Wildman–Crippen LogP) is 5.73. The van der Waals surface area contributed by atoms with Crippen LogP contribution in [0.1, 0.15) is 31.9 Å². The molecule has 0 fully saturated rings. The van der Waals surface area contributed by atoms with Crippen molar-refractivity contribution in [2.45, 2.75) is 39.2 Å². The summed E-state index contributed by atoms with van der Waals surface area (Å²) in [7, 11) is 0. The fourth-order valence-corrected chi connectivity index (χ4v) is 2.48. The summed E-state index contributed by atoms with van der Waals surface area (Å²) in [5.74, 6) is -2.77. The summed E-state index contributed by atoms with van der Waals surface area (Å²) in [6.07, 6.45) is -12.2. The van der Waals surface area contributed by atoms with Crippen molar-refractivity contribution in [3.8, 4) is 5.75 Å². The van der Waals surface area contributed by atoms with Crippen molar-refractivity contribution >= 4 is 17.4 Å². The quantitative estimate of drug-likeness (QED) is 0.471. The Balaban J connectivity index is 2.48. The molecule has 2 aromatic carbocycles. The topological polar surface area (TPSA) is 55.4 Å². The lowest BCUT2D eigenvalue weighted by Gasteiger charge is -2.25. The normalized spacial score (nSPS) is 13.5. The van der Waals surface area contributed by atoms with Gasteiger partial charge in [-0.15, -0.1) is 0 Å². The number of ether oxygens (including phenoxy) is 1. The van der Waals surface area contributed by atoms with Gasteiger partial charge in [-0.3, -0.25) is 9.59 Å². The van der Waals surface area contributed by atoms with E-state index in [1.54, 1.807) is 18.2 Å². The number of anilines is 1. The number of amides is 1. The van der Waals surface area contributed by atoms with E-state index in [9.17, 15) is 35.9 Å². The molecule has 0 saturated heterocycles. The largest absolute Gasteiger partial charge is 0.473 e. The minimum Gasteiger partial charge on any atom is -0.473 e. The van der Waals surface area contributed by atoms with E-state index in [1.165, 1.54) is 32.9 Å². The highest BCUT2D eigenvalue weighted by atomic mass is 19.4. The number of carbonyl (C=O) groups excluding carboxylic acids is 2. The number of para-hydroxylation sites is 1. The maximum absolute atomic E-state index is 13.1. The zero-order valence-electron chi connectivity index (χ0n) is 16.7. The summed E-state index contributed by atoms with van der Waals surface area (Å²) in [4.78, 5) is 25.4. The van der Waals surface area contributed by atoms with Gasteiger partial charge in [-0.2, -0.15) is 26.3 Å². The zero-order valence-corrected chi connectivity index (χ0v) is 16.7. The Morgan fingerprint density at radius 1 is 0.839 bits per heavy atom. The number of nitrogens with one attached hydrogen (secondary N) is 1. The smallest absolute Gasteiger partial charge is 0.416 e. The van der Waals surface area contributed by atoms with Crippen molar-refractivity contribution < 1.29 is 40.7 Å². The highest BCUT2D eigenvalue weighted by Gasteiger charge is 2.40. The molecule has 0 aliphatic carbocycles. The summed E-state index contributed by atoms with van der Waals surface area (Å²) >= 11 is 0. The van der Waals surface area contributed by atoms with Crippen LogP contribution in [-0.2, 0) is 21.9 Å². The molecule has 31 heavy (non-hydrogen) atoms. The number of hydrogen-bond donors (Lipinski definition) is 1. The first-order valence-corrected chi connectivity index (χ1v) is 8.95. The Labute approximate surface area is 174 Å². The number of rotatable bonds is 5. The number of hydrogen-bond acceptors (Lipinski definition) is 3. The van der Waals surface area contributed by atoms with Crippen LogP contribution in [-0.4, -0.2) is 17.8 Å². The lowest BCUT2D eigenvalue weighted by molar-refractivity contribution is -0.143. The van der Waals surface area contributed by atoms with E-state index in [4.69, 9.17) is 4.74 Å². The molecule has 0 unspecified atom stereocenters. The molecular formula is C21H19F6NO3. The Kier molecular flexibility index (Phi) is 6.72. The molecule has 0 aromatic heterocycles. The van der Waals surface area contributed by atoms with Crippen LogP contribution in [0.25, 0.3) is 0 Å². The van der Waals surface area contributed by atoms with Gasteiger partial charge in [-0.1, -0.05) is 39.0 Å². The van der Waals surface area contributed by atoms with Crippen LogP contribution >= 0.6 is 0 Å². The molecule has 1 N–H and O–H groups in total. The summed E-state index contributed by atoms with van der Waals surface area (Å²) < 4.78 is 83.7. The van der Waals surface area contributed by atoms with E-state index < -0.39 is 52.4 Å². The zero-order chi connectivity index (χ0) is 23.6. The van der Waals surface area contributed by atoms with Crippen LogP contribution in [0.3, 0.4) is 0 Å². The van der Waals surface area contributed by atoms with Crippen LogP contribution in [0, 0.1) is 5.41 Å². The molecule has 0 heterocycles.